The zero-order valence-corrected chi connectivity index (χ0v) is 8.42. The van der Waals surface area contributed by atoms with Gasteiger partial charge in [0.25, 0.3) is 0 Å². The van der Waals surface area contributed by atoms with Gasteiger partial charge in [-0.1, -0.05) is 19.8 Å². The molecule has 1 aromatic rings. The molecule has 1 nitrogen and oxygen atoms in total. The van der Waals surface area contributed by atoms with Gasteiger partial charge in [0.2, 0.25) is 0 Å². The average molecular weight is 187 g/mol. The molecular weight excluding hydrogens is 174 g/mol. The molecule has 0 atom stereocenters. The van der Waals surface area contributed by atoms with Gasteiger partial charge in [-0.15, -0.1) is 24.0 Å². The molecule has 3 heteroatoms. The predicted octanol–water partition coefficient (Wildman–Crippen LogP) is 3.16. The van der Waals surface area contributed by atoms with Gasteiger partial charge in [0.05, 0.1) is 5.01 Å². The molecule has 0 aliphatic carbocycles. The van der Waals surface area contributed by atoms with E-state index in [1.807, 2.05) is 5.38 Å². The Morgan fingerprint density at radius 1 is 1.55 bits per heavy atom. The zero-order chi connectivity index (χ0) is 8.10. The van der Waals surface area contributed by atoms with Crippen LogP contribution in [0.25, 0.3) is 0 Å². The summed E-state index contributed by atoms with van der Waals surface area (Å²) in [7, 11) is 0. The predicted molar refractivity (Wildman–Crippen MR) is 52.6 cm³/mol. The van der Waals surface area contributed by atoms with E-state index in [-0.39, 0.29) is 0 Å². The van der Waals surface area contributed by atoms with Crippen LogP contribution >= 0.6 is 24.0 Å². The second kappa shape index (κ2) is 4.78. The monoisotopic (exact) mass is 187 g/mol. The number of aromatic nitrogens is 1. The number of thiazole rings is 1. The van der Waals surface area contributed by atoms with Crippen LogP contribution in [0.5, 0.6) is 0 Å². The number of unbranched alkanes of at least 4 members (excludes halogenated alkanes) is 2. The zero-order valence-electron chi connectivity index (χ0n) is 6.71. The van der Waals surface area contributed by atoms with E-state index in [4.69, 9.17) is 0 Å². The Balaban J connectivity index is 2.27. The quantitative estimate of drug-likeness (QED) is 0.564. The largest absolute Gasteiger partial charge is 0.235 e. The Hall–Kier alpha value is -0.0200. The van der Waals surface area contributed by atoms with Crippen LogP contribution in [0.15, 0.2) is 10.4 Å². The minimum absolute atomic E-state index is 0.862. The van der Waals surface area contributed by atoms with Gasteiger partial charge in [0.15, 0.2) is 0 Å². The van der Waals surface area contributed by atoms with Crippen molar-refractivity contribution in [3.8, 4) is 0 Å². The van der Waals surface area contributed by atoms with Crippen LogP contribution < -0.4 is 0 Å². The Morgan fingerprint density at radius 2 is 2.36 bits per heavy atom. The van der Waals surface area contributed by atoms with Crippen molar-refractivity contribution < 1.29 is 0 Å². The lowest BCUT2D eigenvalue weighted by Gasteiger charge is -1.92. The number of thiol groups is 1. The molecule has 0 radical (unpaired) electrons. The summed E-state index contributed by atoms with van der Waals surface area (Å²) in [5, 5.41) is 4.08. The molecule has 0 N–H and O–H groups in total. The molecule has 1 heterocycles. The van der Waals surface area contributed by atoms with Crippen molar-refractivity contribution in [3.63, 3.8) is 0 Å². The first kappa shape index (κ1) is 9.07. The first-order valence-corrected chi connectivity index (χ1v) is 5.29. The summed E-state index contributed by atoms with van der Waals surface area (Å²) >= 11 is 5.86. The normalized spacial score (nSPS) is 10.4. The van der Waals surface area contributed by atoms with Gasteiger partial charge in [-0.3, -0.25) is 0 Å². The molecule has 0 aliphatic rings. The molecular formula is C8H13NS2. The van der Waals surface area contributed by atoms with Crippen molar-refractivity contribution in [2.45, 2.75) is 37.6 Å². The highest BCUT2D eigenvalue weighted by molar-refractivity contribution is 7.80. The molecule has 0 saturated carbocycles. The Kier molecular flexibility index (Phi) is 3.94. The smallest absolute Gasteiger partial charge is 0.104 e. The molecule has 11 heavy (non-hydrogen) atoms. The van der Waals surface area contributed by atoms with Crippen molar-refractivity contribution in [2.75, 3.05) is 0 Å². The van der Waals surface area contributed by atoms with E-state index >= 15 is 0 Å². The van der Waals surface area contributed by atoms with E-state index in [9.17, 15) is 0 Å². The third-order valence-electron chi connectivity index (χ3n) is 1.53. The molecule has 0 unspecified atom stereocenters. The van der Waals surface area contributed by atoms with E-state index in [0.717, 1.165) is 11.4 Å². The lowest BCUT2D eigenvalue weighted by atomic mass is 10.2. The van der Waals surface area contributed by atoms with Gasteiger partial charge in [-0.05, 0) is 12.8 Å². The summed E-state index contributed by atoms with van der Waals surface area (Å²) in [4.78, 5) is 4.27. The van der Waals surface area contributed by atoms with Crippen LogP contribution in [0.4, 0.5) is 0 Å². The van der Waals surface area contributed by atoms with Crippen molar-refractivity contribution in [1.29, 1.82) is 0 Å². The topological polar surface area (TPSA) is 12.9 Å². The number of rotatable bonds is 4. The molecule has 1 rings (SSSR count). The molecule has 0 spiro atoms. The number of aryl methyl sites for hydroxylation is 1. The highest BCUT2D eigenvalue weighted by atomic mass is 32.1. The van der Waals surface area contributed by atoms with Crippen molar-refractivity contribution >= 4 is 24.0 Å². The fraction of sp³-hybridized carbons (Fsp3) is 0.625. The number of hydrogen-bond acceptors (Lipinski definition) is 3. The van der Waals surface area contributed by atoms with Crippen molar-refractivity contribution in [1.82, 2.24) is 4.98 Å². The maximum Gasteiger partial charge on any atom is 0.104 e. The summed E-state index contributed by atoms with van der Waals surface area (Å²) in [5.74, 6) is 0. The SMILES string of the molecule is CCCCCc1nc(S)cs1. The second-order valence-electron chi connectivity index (χ2n) is 2.56. The van der Waals surface area contributed by atoms with Crippen LogP contribution in [0.1, 0.15) is 31.2 Å². The van der Waals surface area contributed by atoms with Gasteiger partial charge < -0.3 is 0 Å². The van der Waals surface area contributed by atoms with E-state index in [1.54, 1.807) is 11.3 Å². The van der Waals surface area contributed by atoms with E-state index in [2.05, 4.69) is 24.5 Å². The first-order valence-electron chi connectivity index (χ1n) is 3.96. The lowest BCUT2D eigenvalue weighted by Crippen LogP contribution is -1.82. The van der Waals surface area contributed by atoms with Gasteiger partial charge >= 0.3 is 0 Å². The summed E-state index contributed by atoms with van der Waals surface area (Å²) in [5.41, 5.74) is 0. The second-order valence-corrected chi connectivity index (χ2v) is 3.96. The Labute approximate surface area is 77.3 Å². The molecule has 1 aromatic heterocycles. The fourth-order valence-electron chi connectivity index (χ4n) is 0.942. The van der Waals surface area contributed by atoms with Crippen LogP contribution in [-0.4, -0.2) is 4.98 Å². The lowest BCUT2D eigenvalue weighted by molar-refractivity contribution is 0.712. The molecule has 0 amide bonds. The molecule has 0 fully saturated rings. The van der Waals surface area contributed by atoms with E-state index in [0.29, 0.717) is 0 Å². The molecule has 62 valence electrons. The third-order valence-corrected chi connectivity index (χ3v) is 2.85. The van der Waals surface area contributed by atoms with Gasteiger partial charge in [0.1, 0.15) is 5.03 Å². The molecule has 0 aromatic carbocycles. The maximum absolute atomic E-state index is 4.27. The fourth-order valence-corrected chi connectivity index (χ4v) is 2.00. The Bertz CT molecular complexity index is 208. The van der Waals surface area contributed by atoms with Gasteiger partial charge in [-0.25, -0.2) is 4.98 Å². The minimum atomic E-state index is 0.862. The van der Waals surface area contributed by atoms with Crippen LogP contribution in [0.3, 0.4) is 0 Å². The number of hydrogen-bond donors (Lipinski definition) is 1. The van der Waals surface area contributed by atoms with Crippen LogP contribution in [-0.2, 0) is 6.42 Å². The van der Waals surface area contributed by atoms with E-state index in [1.165, 1.54) is 24.3 Å². The highest BCUT2D eigenvalue weighted by Crippen LogP contribution is 2.14. The van der Waals surface area contributed by atoms with Gasteiger partial charge in [0, 0.05) is 5.38 Å². The summed E-state index contributed by atoms with van der Waals surface area (Å²) in [6.07, 6.45) is 4.97. The van der Waals surface area contributed by atoms with E-state index < -0.39 is 0 Å². The molecule has 0 saturated heterocycles. The van der Waals surface area contributed by atoms with Crippen molar-refractivity contribution in [2.24, 2.45) is 0 Å². The molecule has 0 bridgehead atoms. The average Bonchev–Trinajstić information content (AvgIpc) is 2.37. The van der Waals surface area contributed by atoms with Crippen LogP contribution in [0, 0.1) is 0 Å². The summed E-state index contributed by atoms with van der Waals surface area (Å²) in [6.45, 7) is 2.21. The summed E-state index contributed by atoms with van der Waals surface area (Å²) in [6, 6.07) is 0. The Morgan fingerprint density at radius 3 is 2.91 bits per heavy atom. The van der Waals surface area contributed by atoms with Crippen LogP contribution in [0.2, 0.25) is 0 Å². The van der Waals surface area contributed by atoms with Gasteiger partial charge in [-0.2, -0.15) is 0 Å². The minimum Gasteiger partial charge on any atom is -0.235 e. The standard InChI is InChI=1S/C8H13NS2/c1-2-3-4-5-8-9-7(10)6-11-8/h6,10H,2-5H2,1H3. The van der Waals surface area contributed by atoms with Crippen molar-refractivity contribution in [3.05, 3.63) is 10.4 Å². The third kappa shape index (κ3) is 3.25. The summed E-state index contributed by atoms with van der Waals surface area (Å²) < 4.78 is 0. The molecule has 0 aliphatic heterocycles. The highest BCUT2D eigenvalue weighted by Gasteiger charge is 1.97. The first-order chi connectivity index (χ1) is 5.33. The maximum atomic E-state index is 4.27. The number of nitrogens with zero attached hydrogens (tertiary/aromatic N) is 1.